The van der Waals surface area contributed by atoms with E-state index >= 15 is 4.39 Å². The summed E-state index contributed by atoms with van der Waals surface area (Å²) in [6, 6.07) is 6.58. The lowest BCUT2D eigenvalue weighted by Gasteiger charge is -2.31. The number of amides is 2. The van der Waals surface area contributed by atoms with Crippen LogP contribution in [-0.2, 0) is 39.7 Å². The first-order valence-corrected chi connectivity index (χ1v) is 16.7. The summed E-state index contributed by atoms with van der Waals surface area (Å²) in [4.78, 5) is 66.3. The van der Waals surface area contributed by atoms with Crippen molar-refractivity contribution < 1.29 is 47.3 Å². The van der Waals surface area contributed by atoms with Crippen molar-refractivity contribution in [1.82, 2.24) is 19.5 Å². The van der Waals surface area contributed by atoms with Crippen LogP contribution in [0.5, 0.6) is 0 Å². The van der Waals surface area contributed by atoms with Crippen LogP contribution in [-0.4, -0.2) is 85.8 Å². The second-order valence-electron chi connectivity index (χ2n) is 14.1. The van der Waals surface area contributed by atoms with Crippen molar-refractivity contribution in [3.8, 4) is 0 Å². The van der Waals surface area contributed by atoms with Gasteiger partial charge in [0.25, 0.3) is 0 Å². The second kappa shape index (κ2) is 15.1. The van der Waals surface area contributed by atoms with Crippen LogP contribution in [0.2, 0.25) is 5.28 Å². The van der Waals surface area contributed by atoms with Crippen LogP contribution in [0.15, 0.2) is 30.6 Å². The number of aromatic nitrogens is 4. The Morgan fingerprint density at radius 2 is 1.61 bits per heavy atom. The van der Waals surface area contributed by atoms with E-state index in [1.165, 1.54) is 17.8 Å². The first kappa shape index (κ1) is 39.4. The quantitative estimate of drug-likeness (QED) is 0.0872. The zero-order chi connectivity index (χ0) is 38.1. The largest absolute Gasteiger partial charge is 0.463 e. The summed E-state index contributed by atoms with van der Waals surface area (Å²) in [6.07, 6.45) is -5.23. The molecular weight excluding hydrogens is 691 g/mol. The van der Waals surface area contributed by atoms with E-state index in [4.69, 9.17) is 41.0 Å². The fraction of sp³-hybridized carbons (Fsp3) is 0.559. The SMILES string of the molecule is CCOC(=O)C(Cc1ccc(N)cc1)(OC[C@H]1O[C@@H](n2cnc3c(N(C(=O)OC(C)(C)C)C(=O)OC(C)(C)C)nc(Cl)nc32)[C@@H](F)[C@@H]1C)C(C)=O. The van der Waals surface area contributed by atoms with Crippen LogP contribution in [0.25, 0.3) is 11.2 Å². The molecule has 4 rings (SSSR count). The van der Waals surface area contributed by atoms with Gasteiger partial charge in [0.1, 0.15) is 11.2 Å². The lowest BCUT2D eigenvalue weighted by molar-refractivity contribution is -0.182. The number of nitrogens with zero attached hydrogens (tertiary/aromatic N) is 5. The van der Waals surface area contributed by atoms with Gasteiger partial charge in [-0.2, -0.15) is 14.9 Å². The molecule has 1 saturated heterocycles. The number of alkyl halides is 1. The van der Waals surface area contributed by atoms with Gasteiger partial charge < -0.3 is 29.4 Å². The van der Waals surface area contributed by atoms with Gasteiger partial charge in [-0.15, -0.1) is 0 Å². The van der Waals surface area contributed by atoms with Gasteiger partial charge >= 0.3 is 18.2 Å². The summed E-state index contributed by atoms with van der Waals surface area (Å²) in [6.45, 7) is 13.7. The third-order valence-electron chi connectivity index (χ3n) is 7.79. The van der Waals surface area contributed by atoms with Gasteiger partial charge in [0, 0.05) is 18.0 Å². The van der Waals surface area contributed by atoms with Crippen molar-refractivity contribution in [1.29, 1.82) is 0 Å². The van der Waals surface area contributed by atoms with Crippen LogP contribution in [0.3, 0.4) is 0 Å². The number of hydrogen-bond donors (Lipinski definition) is 1. The van der Waals surface area contributed by atoms with E-state index in [1.807, 2.05) is 0 Å². The zero-order valence-corrected chi connectivity index (χ0v) is 30.8. The van der Waals surface area contributed by atoms with Gasteiger partial charge in [0.15, 0.2) is 35.2 Å². The summed E-state index contributed by atoms with van der Waals surface area (Å²) in [5.41, 5.74) is 2.62. The number of fused-ring (bicyclic) bond motifs is 1. The molecule has 2 amide bonds. The molecule has 0 bridgehead atoms. The molecule has 3 heterocycles. The number of rotatable bonds is 10. The predicted octanol–water partition coefficient (Wildman–Crippen LogP) is 5.76. The number of ether oxygens (including phenoxy) is 5. The molecule has 1 fully saturated rings. The number of hydrogen-bond acceptors (Lipinski definition) is 13. The van der Waals surface area contributed by atoms with Crippen molar-refractivity contribution in [2.75, 3.05) is 23.8 Å². The molecule has 0 spiro atoms. The Morgan fingerprint density at radius 1 is 1.02 bits per heavy atom. The van der Waals surface area contributed by atoms with Gasteiger partial charge in [0.2, 0.25) is 10.9 Å². The molecule has 3 aromatic rings. The third kappa shape index (κ3) is 8.91. The Hall–Kier alpha value is -4.41. The normalized spacial score (nSPS) is 20.5. The Kier molecular flexibility index (Phi) is 11.6. The van der Waals surface area contributed by atoms with Crippen LogP contribution >= 0.6 is 11.6 Å². The number of nitrogen functional groups attached to an aromatic ring is 1. The maximum atomic E-state index is 16.1. The second-order valence-corrected chi connectivity index (χ2v) is 14.5. The number of imide groups is 1. The maximum absolute atomic E-state index is 16.1. The molecule has 278 valence electrons. The molecule has 2 N–H and O–H groups in total. The number of carbonyl (C=O) groups excluding carboxylic acids is 4. The highest BCUT2D eigenvalue weighted by Gasteiger charge is 2.50. The lowest BCUT2D eigenvalue weighted by atomic mass is 9.90. The molecule has 17 heteroatoms. The van der Waals surface area contributed by atoms with Gasteiger partial charge in [-0.3, -0.25) is 9.36 Å². The lowest BCUT2D eigenvalue weighted by Crippen LogP contribution is -2.52. The van der Waals surface area contributed by atoms with Crippen molar-refractivity contribution in [2.45, 2.75) is 104 Å². The molecule has 15 nitrogen and oxygen atoms in total. The standard InChI is InChI=1S/C34H44ClFN6O9/c1-10-47-28(44)34(19(3)43,15-20-11-13-21(37)14-12-20)48-16-22-18(2)23(36)27(49-22)41-17-38-24-25(41)39-29(35)40-26(24)42(30(45)50-32(4,5)6)31(46)51-33(7,8)9/h11-14,17-18,22-23,27H,10,15-16,37H2,1-9H3/t18-,22-,23+,27-,34?/m1/s1. The molecule has 2 aromatic heterocycles. The molecule has 1 aromatic carbocycles. The summed E-state index contributed by atoms with van der Waals surface area (Å²) < 4.78 is 45.7. The Morgan fingerprint density at radius 3 is 2.14 bits per heavy atom. The van der Waals surface area contributed by atoms with Crippen molar-refractivity contribution in [3.63, 3.8) is 0 Å². The van der Waals surface area contributed by atoms with Crippen LogP contribution in [0, 0.1) is 5.92 Å². The number of ketones is 1. The topological polar surface area (TPSA) is 187 Å². The molecule has 0 radical (unpaired) electrons. The molecule has 0 saturated carbocycles. The van der Waals surface area contributed by atoms with E-state index in [2.05, 4.69) is 15.0 Å². The molecule has 1 aliphatic heterocycles. The fourth-order valence-corrected chi connectivity index (χ4v) is 5.44. The minimum absolute atomic E-state index is 0.0106. The maximum Gasteiger partial charge on any atom is 0.425 e. The van der Waals surface area contributed by atoms with E-state index in [1.54, 1.807) is 79.7 Å². The number of anilines is 2. The van der Waals surface area contributed by atoms with Gasteiger partial charge in [0.05, 0.1) is 25.6 Å². The highest BCUT2D eigenvalue weighted by molar-refractivity contribution is 6.29. The smallest absolute Gasteiger partial charge is 0.425 e. The molecule has 5 atom stereocenters. The first-order valence-electron chi connectivity index (χ1n) is 16.3. The fourth-order valence-electron chi connectivity index (χ4n) is 5.28. The van der Waals surface area contributed by atoms with E-state index in [-0.39, 0.29) is 36.6 Å². The third-order valence-corrected chi connectivity index (χ3v) is 7.96. The van der Waals surface area contributed by atoms with E-state index in [0.29, 0.717) is 16.2 Å². The highest BCUT2D eigenvalue weighted by atomic mass is 35.5. The molecule has 51 heavy (non-hydrogen) atoms. The number of imidazole rings is 1. The number of halogens is 2. The number of nitrogens with two attached hydrogens (primary N) is 1. The molecule has 1 aliphatic rings. The van der Waals surface area contributed by atoms with Crippen molar-refractivity contribution in [3.05, 3.63) is 41.4 Å². The van der Waals surface area contributed by atoms with Gasteiger partial charge in [-0.1, -0.05) is 19.1 Å². The van der Waals surface area contributed by atoms with Gasteiger partial charge in [-0.05, 0) is 84.7 Å². The Balaban J connectivity index is 1.68. The first-order chi connectivity index (χ1) is 23.7. The monoisotopic (exact) mass is 734 g/mol. The van der Waals surface area contributed by atoms with E-state index < -0.39 is 70.4 Å². The number of benzene rings is 1. The molecule has 1 unspecified atom stereocenters. The average Bonchev–Trinajstić information content (AvgIpc) is 3.54. The van der Waals surface area contributed by atoms with Crippen LogP contribution in [0.4, 0.5) is 25.5 Å². The average molecular weight is 735 g/mol. The van der Waals surface area contributed by atoms with Crippen molar-refractivity contribution in [2.24, 2.45) is 5.92 Å². The zero-order valence-electron chi connectivity index (χ0n) is 30.1. The molecular formula is C34H44ClFN6O9. The highest BCUT2D eigenvalue weighted by Crippen LogP contribution is 2.39. The summed E-state index contributed by atoms with van der Waals surface area (Å²) >= 11 is 6.30. The summed E-state index contributed by atoms with van der Waals surface area (Å²) in [5.74, 6) is -2.70. The summed E-state index contributed by atoms with van der Waals surface area (Å²) in [7, 11) is 0. The summed E-state index contributed by atoms with van der Waals surface area (Å²) in [5, 5.41) is -0.402. The number of carbonyl (C=O) groups is 4. The minimum atomic E-state index is -2.05. The molecule has 0 aliphatic carbocycles. The number of Topliss-reactive ketones (excluding diaryl/α,β-unsaturated/α-hetero) is 1. The number of esters is 1. The van der Waals surface area contributed by atoms with E-state index in [0.717, 1.165) is 0 Å². The van der Waals surface area contributed by atoms with Gasteiger partial charge in [-0.25, -0.2) is 23.8 Å². The van der Waals surface area contributed by atoms with Crippen LogP contribution < -0.4 is 10.6 Å². The van der Waals surface area contributed by atoms with E-state index in [9.17, 15) is 19.2 Å². The van der Waals surface area contributed by atoms with Crippen LogP contribution in [0.1, 0.15) is 74.1 Å². The Bertz CT molecular complexity index is 1750. The Labute approximate surface area is 299 Å². The van der Waals surface area contributed by atoms with Crippen molar-refractivity contribution >= 4 is 58.2 Å². The minimum Gasteiger partial charge on any atom is -0.463 e. The predicted molar refractivity (Wildman–Crippen MR) is 184 cm³/mol.